The van der Waals surface area contributed by atoms with Crippen molar-refractivity contribution in [3.8, 4) is 0 Å². The summed E-state index contributed by atoms with van der Waals surface area (Å²) in [4.78, 5) is 23.1. The van der Waals surface area contributed by atoms with E-state index in [1.165, 1.54) is 17.1 Å². The Bertz CT molecular complexity index is 625. The average molecular weight is 278 g/mol. The largest absolute Gasteiger partial charge is 0.465 e. The van der Waals surface area contributed by atoms with Gasteiger partial charge in [0.15, 0.2) is 12.4 Å². The Morgan fingerprint density at radius 1 is 1.65 bits per heavy atom. The average Bonchev–Trinajstić information content (AvgIpc) is 2.80. The highest BCUT2D eigenvalue weighted by Gasteiger charge is 2.03. The molecule has 0 fully saturated rings. The fourth-order valence-corrected chi connectivity index (χ4v) is 1.17. The van der Waals surface area contributed by atoms with Gasteiger partial charge in [0, 0.05) is 13.2 Å². The summed E-state index contributed by atoms with van der Waals surface area (Å²) >= 11 is 0. The predicted octanol–water partition coefficient (Wildman–Crippen LogP) is -0.359. The highest BCUT2D eigenvalue weighted by molar-refractivity contribution is 5.80. The minimum atomic E-state index is -1.24. The van der Waals surface area contributed by atoms with E-state index in [-0.39, 0.29) is 12.6 Å². The summed E-state index contributed by atoms with van der Waals surface area (Å²) in [6.07, 6.45) is 1.51. The summed E-state index contributed by atoms with van der Waals surface area (Å²) in [5.41, 5.74) is 0.469. The molecule has 2 aromatic rings. The van der Waals surface area contributed by atoms with Crippen LogP contribution in [0, 0.1) is 0 Å². The second-order valence-corrected chi connectivity index (χ2v) is 3.47. The molecule has 0 spiro atoms. The Hall–Kier alpha value is -3.11. The summed E-state index contributed by atoms with van der Waals surface area (Å²) in [5, 5.41) is 25.0. The van der Waals surface area contributed by atoms with Crippen molar-refractivity contribution in [3.05, 3.63) is 23.8 Å². The molecule has 2 rings (SSSR count). The molecule has 0 aliphatic carbocycles. The van der Waals surface area contributed by atoms with Crippen molar-refractivity contribution in [1.82, 2.24) is 30.2 Å². The van der Waals surface area contributed by atoms with Crippen LogP contribution in [-0.4, -0.2) is 47.6 Å². The van der Waals surface area contributed by atoms with Crippen molar-refractivity contribution in [2.24, 2.45) is 12.2 Å². The minimum absolute atomic E-state index is 0.0277. The standard InChI is InChI=1S/C9H10N8O3/c1-17-7(14-15-16-17)4-11-20-5-6-2-3-10-8(12-6)13-9(18)19/h2-4H,5H2,1H3,(H,18,19)(H,10,12,13). The lowest BCUT2D eigenvalue weighted by Gasteiger charge is -2.01. The maximum Gasteiger partial charge on any atom is 0.411 e. The molecule has 11 nitrogen and oxygen atoms in total. The summed E-state index contributed by atoms with van der Waals surface area (Å²) in [7, 11) is 1.66. The van der Waals surface area contributed by atoms with Crippen molar-refractivity contribution in [1.29, 1.82) is 0 Å². The lowest BCUT2D eigenvalue weighted by molar-refractivity contribution is 0.129. The van der Waals surface area contributed by atoms with Gasteiger partial charge in [-0.15, -0.1) is 5.10 Å². The van der Waals surface area contributed by atoms with Gasteiger partial charge in [0.05, 0.1) is 5.69 Å². The third-order valence-corrected chi connectivity index (χ3v) is 2.04. The van der Waals surface area contributed by atoms with Crippen LogP contribution in [0.25, 0.3) is 0 Å². The van der Waals surface area contributed by atoms with Gasteiger partial charge in [-0.25, -0.2) is 19.4 Å². The minimum Gasteiger partial charge on any atom is -0.465 e. The first-order valence-electron chi connectivity index (χ1n) is 5.34. The smallest absolute Gasteiger partial charge is 0.411 e. The molecule has 0 atom stereocenters. The Kier molecular flexibility index (Phi) is 4.11. The Morgan fingerprint density at radius 2 is 2.50 bits per heavy atom. The normalized spacial score (nSPS) is 10.7. The van der Waals surface area contributed by atoms with Crippen LogP contribution in [-0.2, 0) is 18.5 Å². The number of aromatic nitrogens is 6. The molecule has 11 heteroatoms. The van der Waals surface area contributed by atoms with Gasteiger partial charge in [0.25, 0.3) is 0 Å². The molecule has 0 aliphatic rings. The zero-order valence-electron chi connectivity index (χ0n) is 10.3. The molecule has 0 unspecified atom stereocenters. The molecular formula is C9H10N8O3. The maximum atomic E-state index is 10.4. The third-order valence-electron chi connectivity index (χ3n) is 2.04. The van der Waals surface area contributed by atoms with Crippen molar-refractivity contribution in [2.45, 2.75) is 6.61 Å². The van der Waals surface area contributed by atoms with E-state index < -0.39 is 6.09 Å². The molecule has 0 aliphatic heterocycles. The molecule has 0 saturated heterocycles. The van der Waals surface area contributed by atoms with Crippen LogP contribution in [0.2, 0.25) is 0 Å². The van der Waals surface area contributed by atoms with Crippen molar-refractivity contribution in [2.75, 3.05) is 5.32 Å². The number of nitrogens with zero attached hydrogens (tertiary/aromatic N) is 7. The summed E-state index contributed by atoms with van der Waals surface area (Å²) in [6.45, 7) is 0.0542. The van der Waals surface area contributed by atoms with E-state index in [4.69, 9.17) is 9.94 Å². The number of anilines is 1. The van der Waals surface area contributed by atoms with E-state index in [0.29, 0.717) is 11.5 Å². The highest BCUT2D eigenvalue weighted by atomic mass is 16.6. The van der Waals surface area contributed by atoms with Gasteiger partial charge < -0.3 is 9.94 Å². The van der Waals surface area contributed by atoms with Crippen molar-refractivity contribution >= 4 is 18.3 Å². The van der Waals surface area contributed by atoms with Gasteiger partial charge in [-0.1, -0.05) is 5.16 Å². The quantitative estimate of drug-likeness (QED) is 0.558. The van der Waals surface area contributed by atoms with Crippen LogP contribution in [0.3, 0.4) is 0 Å². The van der Waals surface area contributed by atoms with Gasteiger partial charge in [-0.3, -0.25) is 5.32 Å². The van der Waals surface area contributed by atoms with E-state index in [1.54, 1.807) is 13.1 Å². The first-order chi connectivity index (χ1) is 9.65. The van der Waals surface area contributed by atoms with Crippen LogP contribution in [0.15, 0.2) is 17.4 Å². The molecule has 0 bridgehead atoms. The van der Waals surface area contributed by atoms with Gasteiger partial charge in [0.2, 0.25) is 5.95 Å². The number of hydrogen-bond acceptors (Lipinski definition) is 8. The predicted molar refractivity (Wildman–Crippen MR) is 64.9 cm³/mol. The maximum absolute atomic E-state index is 10.4. The number of rotatable bonds is 5. The monoisotopic (exact) mass is 278 g/mol. The molecule has 0 aromatic carbocycles. The SMILES string of the molecule is Cn1nnnc1C=NOCc1ccnc(NC(=O)O)n1. The number of tetrazole rings is 1. The molecular weight excluding hydrogens is 268 g/mol. The van der Waals surface area contributed by atoms with Crippen LogP contribution in [0.1, 0.15) is 11.5 Å². The molecule has 1 amide bonds. The van der Waals surface area contributed by atoms with E-state index >= 15 is 0 Å². The number of carbonyl (C=O) groups is 1. The van der Waals surface area contributed by atoms with Crippen LogP contribution >= 0.6 is 0 Å². The summed E-state index contributed by atoms with van der Waals surface area (Å²) in [5.74, 6) is 0.404. The Balaban J connectivity index is 1.89. The first kappa shape index (κ1) is 13.3. The second-order valence-electron chi connectivity index (χ2n) is 3.47. The van der Waals surface area contributed by atoms with Gasteiger partial charge in [-0.2, -0.15) is 0 Å². The number of amides is 1. The fourth-order valence-electron chi connectivity index (χ4n) is 1.17. The Morgan fingerprint density at radius 3 is 3.20 bits per heavy atom. The summed E-state index contributed by atoms with van der Waals surface area (Å²) in [6, 6.07) is 1.58. The van der Waals surface area contributed by atoms with Crippen LogP contribution < -0.4 is 5.32 Å². The Labute approximate surface area is 112 Å². The lowest BCUT2D eigenvalue weighted by atomic mass is 10.4. The number of hydrogen-bond donors (Lipinski definition) is 2. The fraction of sp³-hybridized carbons (Fsp3) is 0.222. The molecule has 2 aromatic heterocycles. The van der Waals surface area contributed by atoms with Gasteiger partial charge in [-0.05, 0) is 16.5 Å². The molecule has 20 heavy (non-hydrogen) atoms. The lowest BCUT2D eigenvalue weighted by Crippen LogP contribution is -2.11. The number of aryl methyl sites for hydroxylation is 1. The van der Waals surface area contributed by atoms with E-state index in [2.05, 4.69) is 30.6 Å². The summed E-state index contributed by atoms with van der Waals surface area (Å²) < 4.78 is 1.42. The van der Waals surface area contributed by atoms with Crippen molar-refractivity contribution < 1.29 is 14.7 Å². The second kappa shape index (κ2) is 6.17. The zero-order valence-corrected chi connectivity index (χ0v) is 10.3. The highest BCUT2D eigenvalue weighted by Crippen LogP contribution is 2.02. The third kappa shape index (κ3) is 3.69. The van der Waals surface area contributed by atoms with E-state index in [0.717, 1.165) is 0 Å². The van der Waals surface area contributed by atoms with Gasteiger partial charge in [0.1, 0.15) is 6.21 Å². The first-order valence-corrected chi connectivity index (χ1v) is 5.34. The topological polar surface area (TPSA) is 140 Å². The molecule has 104 valence electrons. The number of carboxylic acid groups (broad SMARTS) is 1. The number of oxime groups is 1. The van der Waals surface area contributed by atoms with E-state index in [9.17, 15) is 4.79 Å². The number of nitrogens with one attached hydrogen (secondary N) is 1. The molecule has 2 heterocycles. The van der Waals surface area contributed by atoms with Crippen LogP contribution in [0.4, 0.5) is 10.7 Å². The van der Waals surface area contributed by atoms with Crippen molar-refractivity contribution in [3.63, 3.8) is 0 Å². The molecule has 2 N–H and O–H groups in total. The molecule has 0 radical (unpaired) electrons. The zero-order chi connectivity index (χ0) is 14.4. The molecule has 0 saturated carbocycles. The van der Waals surface area contributed by atoms with Gasteiger partial charge >= 0.3 is 6.09 Å². The van der Waals surface area contributed by atoms with E-state index in [1.807, 2.05) is 5.32 Å². The van der Waals surface area contributed by atoms with Crippen LogP contribution in [0.5, 0.6) is 0 Å².